The fourth-order valence-corrected chi connectivity index (χ4v) is 3.84. The third-order valence-corrected chi connectivity index (χ3v) is 5.76. The number of aliphatic hydroxyl groups excluding tert-OH is 1. The molecular weight excluding hydrogens is 368 g/mol. The molecule has 0 aliphatic carbocycles. The molecule has 29 heavy (non-hydrogen) atoms. The Bertz CT molecular complexity index is 834. The van der Waals surface area contributed by atoms with E-state index >= 15 is 0 Å². The minimum atomic E-state index is -0.490. The largest absolute Gasteiger partial charge is 0.491 e. The minimum absolute atomic E-state index is 0.312. The molecule has 1 atom stereocenters. The SMILES string of the molecule is Cc1cccc(OCC(O)CN2CCN(Cc3ccc4c(c3)OCO4)CC2)c1C. The van der Waals surface area contributed by atoms with Crippen molar-refractivity contribution in [2.75, 3.05) is 46.1 Å². The minimum Gasteiger partial charge on any atom is -0.491 e. The molecule has 2 heterocycles. The summed E-state index contributed by atoms with van der Waals surface area (Å²) < 4.78 is 16.7. The van der Waals surface area contributed by atoms with Gasteiger partial charge in [-0.3, -0.25) is 9.80 Å². The van der Waals surface area contributed by atoms with E-state index in [1.165, 1.54) is 11.1 Å². The van der Waals surface area contributed by atoms with Gasteiger partial charge in [-0.2, -0.15) is 0 Å². The lowest BCUT2D eigenvalue weighted by molar-refractivity contribution is 0.0444. The average Bonchev–Trinajstić information content (AvgIpc) is 3.18. The van der Waals surface area contributed by atoms with E-state index in [1.54, 1.807) is 0 Å². The van der Waals surface area contributed by atoms with Crippen LogP contribution in [0.4, 0.5) is 0 Å². The van der Waals surface area contributed by atoms with Crippen LogP contribution in [0.2, 0.25) is 0 Å². The number of piperazine rings is 1. The van der Waals surface area contributed by atoms with Crippen LogP contribution in [0.3, 0.4) is 0 Å². The highest BCUT2D eigenvalue weighted by Gasteiger charge is 2.21. The first-order chi connectivity index (χ1) is 14.1. The van der Waals surface area contributed by atoms with Gasteiger partial charge in [0.25, 0.3) is 0 Å². The molecule has 1 fully saturated rings. The molecule has 0 spiro atoms. The number of hydrogen-bond donors (Lipinski definition) is 1. The zero-order valence-corrected chi connectivity index (χ0v) is 17.3. The monoisotopic (exact) mass is 398 g/mol. The maximum Gasteiger partial charge on any atom is 0.231 e. The van der Waals surface area contributed by atoms with Crippen molar-refractivity contribution < 1.29 is 19.3 Å². The molecule has 0 aromatic heterocycles. The molecule has 0 saturated carbocycles. The molecule has 156 valence electrons. The lowest BCUT2D eigenvalue weighted by Gasteiger charge is -2.35. The molecule has 2 aliphatic rings. The predicted molar refractivity (Wildman–Crippen MR) is 112 cm³/mol. The fourth-order valence-electron chi connectivity index (χ4n) is 3.84. The predicted octanol–water partition coefficient (Wildman–Crippen LogP) is 2.59. The van der Waals surface area contributed by atoms with E-state index in [4.69, 9.17) is 14.2 Å². The average molecular weight is 399 g/mol. The van der Waals surface area contributed by atoms with Crippen LogP contribution in [-0.2, 0) is 6.54 Å². The van der Waals surface area contributed by atoms with Crippen molar-refractivity contribution in [2.24, 2.45) is 0 Å². The maximum absolute atomic E-state index is 10.4. The Morgan fingerprint density at radius 2 is 1.76 bits per heavy atom. The second-order valence-electron chi connectivity index (χ2n) is 7.93. The van der Waals surface area contributed by atoms with Gasteiger partial charge >= 0.3 is 0 Å². The van der Waals surface area contributed by atoms with Gasteiger partial charge < -0.3 is 19.3 Å². The third-order valence-electron chi connectivity index (χ3n) is 5.76. The molecule has 0 amide bonds. The number of fused-ring (bicyclic) bond motifs is 1. The van der Waals surface area contributed by atoms with Crippen LogP contribution < -0.4 is 14.2 Å². The second-order valence-corrected chi connectivity index (χ2v) is 7.93. The Labute approximate surface area is 172 Å². The molecule has 0 radical (unpaired) electrons. The van der Waals surface area contributed by atoms with Crippen molar-refractivity contribution in [1.82, 2.24) is 9.80 Å². The summed E-state index contributed by atoms with van der Waals surface area (Å²) >= 11 is 0. The first kappa shape index (κ1) is 20.0. The molecule has 4 rings (SSSR count). The summed E-state index contributed by atoms with van der Waals surface area (Å²) in [4.78, 5) is 4.75. The van der Waals surface area contributed by atoms with E-state index in [0.717, 1.165) is 55.5 Å². The molecule has 2 aromatic carbocycles. The van der Waals surface area contributed by atoms with Crippen LogP contribution in [0.5, 0.6) is 17.2 Å². The van der Waals surface area contributed by atoms with Gasteiger partial charge in [-0.25, -0.2) is 0 Å². The molecule has 2 aliphatic heterocycles. The lowest BCUT2D eigenvalue weighted by Crippen LogP contribution is -2.48. The number of nitrogens with zero attached hydrogens (tertiary/aromatic N) is 2. The van der Waals surface area contributed by atoms with Crippen LogP contribution in [-0.4, -0.2) is 67.1 Å². The molecule has 6 heteroatoms. The number of ether oxygens (including phenoxy) is 3. The van der Waals surface area contributed by atoms with Crippen LogP contribution in [0.1, 0.15) is 16.7 Å². The summed E-state index contributed by atoms with van der Waals surface area (Å²) in [5.41, 5.74) is 3.58. The molecule has 1 saturated heterocycles. The maximum atomic E-state index is 10.4. The summed E-state index contributed by atoms with van der Waals surface area (Å²) in [7, 11) is 0. The van der Waals surface area contributed by atoms with E-state index in [1.807, 2.05) is 18.2 Å². The fraction of sp³-hybridized carbons (Fsp3) is 0.478. The lowest BCUT2D eigenvalue weighted by atomic mass is 10.1. The van der Waals surface area contributed by atoms with E-state index in [0.29, 0.717) is 19.9 Å². The van der Waals surface area contributed by atoms with E-state index in [-0.39, 0.29) is 0 Å². The van der Waals surface area contributed by atoms with Crippen LogP contribution in [0.15, 0.2) is 36.4 Å². The highest BCUT2D eigenvalue weighted by Crippen LogP contribution is 2.32. The Hall–Kier alpha value is -2.28. The van der Waals surface area contributed by atoms with Crippen molar-refractivity contribution in [2.45, 2.75) is 26.5 Å². The van der Waals surface area contributed by atoms with Gasteiger partial charge in [0.05, 0.1) is 0 Å². The summed E-state index contributed by atoms with van der Waals surface area (Å²) in [5, 5.41) is 10.4. The summed E-state index contributed by atoms with van der Waals surface area (Å²) in [6.07, 6.45) is -0.490. The van der Waals surface area contributed by atoms with Gasteiger partial charge in [0.2, 0.25) is 6.79 Å². The van der Waals surface area contributed by atoms with E-state index in [9.17, 15) is 5.11 Å². The molecule has 2 aromatic rings. The number of aliphatic hydroxyl groups is 1. The molecule has 1 N–H and O–H groups in total. The van der Waals surface area contributed by atoms with Gasteiger partial charge in [-0.1, -0.05) is 18.2 Å². The van der Waals surface area contributed by atoms with Crippen LogP contribution >= 0.6 is 0 Å². The van der Waals surface area contributed by atoms with Crippen LogP contribution in [0.25, 0.3) is 0 Å². The second kappa shape index (κ2) is 9.03. The van der Waals surface area contributed by atoms with Gasteiger partial charge in [-0.15, -0.1) is 0 Å². The van der Waals surface area contributed by atoms with Gasteiger partial charge in [-0.05, 0) is 48.7 Å². The quantitative estimate of drug-likeness (QED) is 0.774. The first-order valence-corrected chi connectivity index (χ1v) is 10.3. The van der Waals surface area contributed by atoms with Gasteiger partial charge in [0.15, 0.2) is 11.5 Å². The number of hydrogen-bond acceptors (Lipinski definition) is 6. The number of benzene rings is 2. The van der Waals surface area contributed by atoms with E-state index in [2.05, 4.69) is 41.8 Å². The third kappa shape index (κ3) is 5.01. The number of aryl methyl sites for hydroxylation is 1. The van der Waals surface area contributed by atoms with Gasteiger partial charge in [0, 0.05) is 39.3 Å². The zero-order chi connectivity index (χ0) is 20.2. The standard InChI is InChI=1S/C23H30N2O4/c1-17-4-3-5-21(18(17)2)27-15-20(26)14-25-10-8-24(9-11-25)13-19-6-7-22-23(12-19)29-16-28-22/h3-7,12,20,26H,8-11,13-16H2,1-2H3. The normalized spacial score (nSPS) is 18.0. The number of rotatable bonds is 7. The highest BCUT2D eigenvalue weighted by atomic mass is 16.7. The molecule has 1 unspecified atom stereocenters. The van der Waals surface area contributed by atoms with Crippen molar-refractivity contribution in [1.29, 1.82) is 0 Å². The Morgan fingerprint density at radius 1 is 1.00 bits per heavy atom. The van der Waals surface area contributed by atoms with Crippen molar-refractivity contribution in [3.05, 3.63) is 53.1 Å². The highest BCUT2D eigenvalue weighted by molar-refractivity contribution is 5.44. The molecule has 0 bridgehead atoms. The molecular formula is C23H30N2O4. The number of β-amino-alcohol motifs (C(OH)–C–C–N with tert-alkyl or cyclic N) is 1. The molecule has 6 nitrogen and oxygen atoms in total. The smallest absolute Gasteiger partial charge is 0.231 e. The first-order valence-electron chi connectivity index (χ1n) is 10.3. The van der Waals surface area contributed by atoms with Crippen molar-refractivity contribution in [3.63, 3.8) is 0 Å². The zero-order valence-electron chi connectivity index (χ0n) is 17.3. The Morgan fingerprint density at radius 3 is 2.59 bits per heavy atom. The summed E-state index contributed by atoms with van der Waals surface area (Å²) in [6, 6.07) is 12.2. The van der Waals surface area contributed by atoms with Crippen LogP contribution in [0, 0.1) is 13.8 Å². The van der Waals surface area contributed by atoms with Crippen molar-refractivity contribution in [3.8, 4) is 17.2 Å². The van der Waals surface area contributed by atoms with Crippen molar-refractivity contribution >= 4 is 0 Å². The summed E-state index contributed by atoms with van der Waals surface area (Å²) in [6.45, 7) is 10.2. The Kier molecular flexibility index (Phi) is 6.23. The van der Waals surface area contributed by atoms with Gasteiger partial charge in [0.1, 0.15) is 18.5 Å². The Balaban J connectivity index is 1.20. The summed E-state index contributed by atoms with van der Waals surface area (Å²) in [5.74, 6) is 2.53. The topological polar surface area (TPSA) is 54.4 Å². The van der Waals surface area contributed by atoms with E-state index < -0.39 is 6.10 Å².